The number of carbonyl (C=O) groups excluding carboxylic acids is 2. The molecule has 2 amide bonds. The van der Waals surface area contributed by atoms with E-state index < -0.39 is 21.8 Å². The van der Waals surface area contributed by atoms with Crippen LogP contribution in [0.2, 0.25) is 0 Å². The molecule has 1 aromatic carbocycles. The van der Waals surface area contributed by atoms with Crippen LogP contribution in [0.4, 0.5) is 10.8 Å². The quantitative estimate of drug-likeness (QED) is 0.493. The van der Waals surface area contributed by atoms with E-state index in [1.54, 1.807) is 0 Å². The van der Waals surface area contributed by atoms with Crippen LogP contribution in [0.25, 0.3) is 11.3 Å². The molecule has 2 unspecified atom stereocenters. The van der Waals surface area contributed by atoms with Gasteiger partial charge < -0.3 is 20.3 Å². The predicted octanol–water partition coefficient (Wildman–Crippen LogP) is 2.40. The Balaban J connectivity index is 1.35. The van der Waals surface area contributed by atoms with Gasteiger partial charge in [0, 0.05) is 42.1 Å². The lowest BCUT2D eigenvalue weighted by Gasteiger charge is -2.37. The number of anilines is 2. The summed E-state index contributed by atoms with van der Waals surface area (Å²) < 4.78 is 29.8. The monoisotopic (exact) mass is 517 g/mol. The minimum atomic E-state index is -3.48. The number of nitrogens with one attached hydrogen (secondary N) is 2. The van der Waals surface area contributed by atoms with Crippen molar-refractivity contribution in [2.45, 2.75) is 26.1 Å². The van der Waals surface area contributed by atoms with Gasteiger partial charge in [0.1, 0.15) is 0 Å². The number of ether oxygens (including phenoxy) is 1. The second-order valence-corrected chi connectivity index (χ2v) is 11.2. The number of amides is 2. The lowest BCUT2D eigenvalue weighted by atomic mass is 10.1. The first-order valence-corrected chi connectivity index (χ1v) is 13.7. The molecule has 0 aliphatic carbocycles. The normalized spacial score (nSPS) is 18.3. The number of carbonyl (C=O) groups is 2. The highest BCUT2D eigenvalue weighted by Gasteiger charge is 2.22. The number of hydrogen-bond acceptors (Lipinski definition) is 8. The van der Waals surface area contributed by atoms with Gasteiger partial charge in [0.2, 0.25) is 15.9 Å². The predicted molar refractivity (Wildman–Crippen MR) is 135 cm³/mol. The third-order valence-corrected chi connectivity index (χ3v) is 7.15. The zero-order chi connectivity index (χ0) is 25.2. The maximum Gasteiger partial charge on any atom is 0.253 e. The molecule has 2 atom stereocenters. The molecule has 1 saturated heterocycles. The molecular weight excluding hydrogens is 490 g/mol. The van der Waals surface area contributed by atoms with E-state index in [-0.39, 0.29) is 24.3 Å². The van der Waals surface area contributed by atoms with Crippen molar-refractivity contribution >= 4 is 44.0 Å². The molecule has 3 aromatic rings. The standard InChI is InChI=1S/C23H27N5O5S2/c1-15-11-27(12-16(2)33-15)19-6-4-5-17(9-19)20-14-34-23(25-20)26-21(29)10-24-22(30)18-7-8-28(13-18)35(3,31)32/h4-9,13-16H,10-12H2,1-3H3,(H,24,30)(H,25,26,29). The van der Waals surface area contributed by atoms with Crippen LogP contribution in [0.3, 0.4) is 0 Å². The van der Waals surface area contributed by atoms with Crippen LogP contribution in [-0.2, 0) is 19.6 Å². The molecular formula is C23H27N5O5S2. The minimum Gasteiger partial charge on any atom is -0.372 e. The van der Waals surface area contributed by atoms with E-state index in [2.05, 4.69) is 46.5 Å². The van der Waals surface area contributed by atoms with Crippen molar-refractivity contribution in [3.63, 3.8) is 0 Å². The Morgan fingerprint density at radius 1 is 1.20 bits per heavy atom. The van der Waals surface area contributed by atoms with Crippen LogP contribution >= 0.6 is 11.3 Å². The van der Waals surface area contributed by atoms with Crippen LogP contribution in [-0.4, -0.2) is 67.3 Å². The highest BCUT2D eigenvalue weighted by atomic mass is 32.2. The largest absolute Gasteiger partial charge is 0.372 e. The molecule has 0 bridgehead atoms. The Bertz CT molecular complexity index is 1320. The first kappa shape index (κ1) is 24.9. The molecule has 2 N–H and O–H groups in total. The first-order valence-electron chi connectivity index (χ1n) is 11.0. The van der Waals surface area contributed by atoms with E-state index in [9.17, 15) is 18.0 Å². The fraction of sp³-hybridized carbons (Fsp3) is 0.348. The first-order chi connectivity index (χ1) is 16.6. The highest BCUT2D eigenvalue weighted by Crippen LogP contribution is 2.29. The van der Waals surface area contributed by atoms with Crippen LogP contribution in [0.15, 0.2) is 48.1 Å². The third-order valence-electron chi connectivity index (χ3n) is 5.40. The zero-order valence-corrected chi connectivity index (χ0v) is 21.2. The lowest BCUT2D eigenvalue weighted by molar-refractivity contribution is -0.115. The summed E-state index contributed by atoms with van der Waals surface area (Å²) in [5.41, 5.74) is 2.92. The van der Waals surface area contributed by atoms with E-state index >= 15 is 0 Å². The molecule has 0 radical (unpaired) electrons. The molecule has 4 rings (SSSR count). The van der Waals surface area contributed by atoms with Gasteiger partial charge in [0.25, 0.3) is 5.91 Å². The second-order valence-electron chi connectivity index (χ2n) is 8.47. The molecule has 1 aliphatic rings. The summed E-state index contributed by atoms with van der Waals surface area (Å²) in [5, 5.41) is 7.44. The van der Waals surface area contributed by atoms with Gasteiger partial charge >= 0.3 is 0 Å². The van der Waals surface area contributed by atoms with E-state index in [1.165, 1.54) is 29.8 Å². The molecule has 0 spiro atoms. The summed E-state index contributed by atoms with van der Waals surface area (Å²) in [6.07, 6.45) is 3.82. The number of morpholine rings is 1. The zero-order valence-electron chi connectivity index (χ0n) is 19.6. The number of nitrogens with zero attached hydrogens (tertiary/aromatic N) is 3. The van der Waals surface area contributed by atoms with E-state index in [1.807, 2.05) is 17.5 Å². The van der Waals surface area contributed by atoms with Crippen LogP contribution in [0, 0.1) is 0 Å². The van der Waals surface area contributed by atoms with Crippen LogP contribution < -0.4 is 15.5 Å². The minimum absolute atomic E-state index is 0.142. The van der Waals surface area contributed by atoms with Gasteiger partial charge in [-0.05, 0) is 32.0 Å². The Hall–Kier alpha value is -3.22. The molecule has 1 aliphatic heterocycles. The summed E-state index contributed by atoms with van der Waals surface area (Å²) in [4.78, 5) is 31.3. The van der Waals surface area contributed by atoms with Gasteiger partial charge in [0.05, 0.1) is 36.3 Å². The average molecular weight is 518 g/mol. The Morgan fingerprint density at radius 3 is 2.63 bits per heavy atom. The Labute approximate surface area is 208 Å². The van der Waals surface area contributed by atoms with Crippen molar-refractivity contribution in [3.05, 3.63) is 53.7 Å². The summed E-state index contributed by atoms with van der Waals surface area (Å²) in [5.74, 6) is -0.988. The summed E-state index contributed by atoms with van der Waals surface area (Å²) >= 11 is 1.29. The molecule has 1 fully saturated rings. The van der Waals surface area contributed by atoms with E-state index in [0.717, 1.165) is 40.3 Å². The molecule has 3 heterocycles. The highest BCUT2D eigenvalue weighted by molar-refractivity contribution is 7.89. The number of aromatic nitrogens is 2. The fourth-order valence-corrected chi connectivity index (χ4v) is 5.18. The molecule has 0 saturated carbocycles. The lowest BCUT2D eigenvalue weighted by Crippen LogP contribution is -2.45. The number of benzene rings is 1. The van der Waals surface area contributed by atoms with E-state index in [4.69, 9.17) is 4.74 Å². The van der Waals surface area contributed by atoms with Gasteiger partial charge in [-0.25, -0.2) is 13.4 Å². The third kappa shape index (κ3) is 6.27. The SMILES string of the molecule is CC1CN(c2cccc(-c3csc(NC(=O)CNC(=O)c4ccn(S(C)(=O)=O)c4)n3)c2)CC(C)O1. The van der Waals surface area contributed by atoms with Gasteiger partial charge in [0.15, 0.2) is 5.13 Å². The van der Waals surface area contributed by atoms with Gasteiger partial charge in [-0.1, -0.05) is 12.1 Å². The number of hydrogen-bond donors (Lipinski definition) is 2. The summed E-state index contributed by atoms with van der Waals surface area (Å²) in [6.45, 7) is 5.49. The summed E-state index contributed by atoms with van der Waals surface area (Å²) in [6, 6.07) is 9.47. The molecule has 2 aromatic heterocycles. The van der Waals surface area contributed by atoms with Crippen molar-refractivity contribution in [2.75, 3.05) is 36.1 Å². The number of rotatable bonds is 7. The fourth-order valence-electron chi connectivity index (χ4n) is 3.86. The van der Waals surface area contributed by atoms with Crippen molar-refractivity contribution in [1.29, 1.82) is 0 Å². The van der Waals surface area contributed by atoms with Crippen molar-refractivity contribution in [1.82, 2.24) is 14.3 Å². The summed E-state index contributed by atoms with van der Waals surface area (Å²) in [7, 11) is -3.48. The van der Waals surface area contributed by atoms with Gasteiger partial charge in [-0.3, -0.25) is 13.6 Å². The van der Waals surface area contributed by atoms with Crippen molar-refractivity contribution < 1.29 is 22.7 Å². The van der Waals surface area contributed by atoms with Crippen LogP contribution in [0.1, 0.15) is 24.2 Å². The maximum absolute atomic E-state index is 12.3. The topological polar surface area (TPSA) is 123 Å². The molecule has 35 heavy (non-hydrogen) atoms. The van der Waals surface area contributed by atoms with Gasteiger partial charge in [-0.15, -0.1) is 11.3 Å². The molecule has 12 heteroatoms. The Kier molecular flexibility index (Phi) is 7.24. The molecule has 10 nitrogen and oxygen atoms in total. The van der Waals surface area contributed by atoms with Gasteiger partial charge in [-0.2, -0.15) is 0 Å². The van der Waals surface area contributed by atoms with E-state index in [0.29, 0.717) is 5.13 Å². The Morgan fingerprint density at radius 2 is 1.94 bits per heavy atom. The van der Waals surface area contributed by atoms with Crippen molar-refractivity contribution in [2.24, 2.45) is 0 Å². The van der Waals surface area contributed by atoms with Crippen molar-refractivity contribution in [3.8, 4) is 11.3 Å². The second kappa shape index (κ2) is 10.2. The number of thiazole rings is 1. The molecule has 186 valence electrons. The maximum atomic E-state index is 12.3. The average Bonchev–Trinajstić information content (AvgIpc) is 3.47. The smallest absolute Gasteiger partial charge is 0.253 e. The van der Waals surface area contributed by atoms with Crippen LogP contribution in [0.5, 0.6) is 0 Å².